The highest BCUT2D eigenvalue weighted by Gasteiger charge is 2.14. The van der Waals surface area contributed by atoms with Crippen LogP contribution in [0.25, 0.3) is 17.0 Å². The van der Waals surface area contributed by atoms with E-state index >= 15 is 0 Å². The SMILES string of the molecule is CCOC(=O)Cn1cc(C=C(C#N)C(=O)Cl)c2cccc(C)c21. The van der Waals surface area contributed by atoms with Crippen LogP contribution in [0.15, 0.2) is 30.0 Å². The maximum Gasteiger partial charge on any atom is 0.325 e. The van der Waals surface area contributed by atoms with E-state index in [1.54, 1.807) is 23.8 Å². The number of esters is 1. The molecule has 2 rings (SSSR count). The van der Waals surface area contributed by atoms with E-state index in [9.17, 15) is 9.59 Å². The van der Waals surface area contributed by atoms with Gasteiger partial charge in [-0.05, 0) is 37.1 Å². The van der Waals surface area contributed by atoms with E-state index in [0.29, 0.717) is 12.2 Å². The van der Waals surface area contributed by atoms with Crippen molar-refractivity contribution in [3.63, 3.8) is 0 Å². The molecule has 0 N–H and O–H groups in total. The molecule has 0 aliphatic rings. The molecular formula is C17H15ClN2O3. The quantitative estimate of drug-likeness (QED) is 0.365. The fourth-order valence-corrected chi connectivity index (χ4v) is 2.55. The lowest BCUT2D eigenvalue weighted by molar-refractivity contribution is -0.143. The number of ether oxygens (including phenoxy) is 1. The van der Waals surface area contributed by atoms with Gasteiger partial charge in [0.2, 0.25) is 0 Å². The lowest BCUT2D eigenvalue weighted by Gasteiger charge is -2.06. The Labute approximate surface area is 138 Å². The second-order valence-electron chi connectivity index (χ2n) is 4.93. The number of aromatic nitrogens is 1. The van der Waals surface area contributed by atoms with Crippen LogP contribution in [0.3, 0.4) is 0 Å². The first-order valence-corrected chi connectivity index (χ1v) is 7.41. The maximum absolute atomic E-state index is 11.8. The van der Waals surface area contributed by atoms with Gasteiger partial charge in [0, 0.05) is 17.1 Å². The third-order valence-corrected chi connectivity index (χ3v) is 3.57. The van der Waals surface area contributed by atoms with E-state index in [2.05, 4.69) is 0 Å². The number of fused-ring (bicyclic) bond motifs is 1. The average Bonchev–Trinajstić information content (AvgIpc) is 2.83. The molecule has 0 amide bonds. The summed E-state index contributed by atoms with van der Waals surface area (Å²) in [6.07, 6.45) is 3.14. The van der Waals surface area contributed by atoms with Gasteiger partial charge in [-0.2, -0.15) is 5.26 Å². The zero-order valence-electron chi connectivity index (χ0n) is 12.8. The van der Waals surface area contributed by atoms with Gasteiger partial charge >= 0.3 is 5.97 Å². The molecule has 0 saturated heterocycles. The van der Waals surface area contributed by atoms with Crippen LogP contribution >= 0.6 is 11.6 Å². The number of carbonyl (C=O) groups is 2. The van der Waals surface area contributed by atoms with Crippen LogP contribution in [0.2, 0.25) is 0 Å². The molecule has 5 nitrogen and oxygen atoms in total. The summed E-state index contributed by atoms with van der Waals surface area (Å²) in [6, 6.07) is 7.44. The number of benzene rings is 1. The third-order valence-electron chi connectivity index (χ3n) is 3.37. The summed E-state index contributed by atoms with van der Waals surface area (Å²) in [7, 11) is 0. The molecule has 0 saturated carbocycles. The lowest BCUT2D eigenvalue weighted by Crippen LogP contribution is -2.12. The van der Waals surface area contributed by atoms with E-state index in [-0.39, 0.29) is 18.1 Å². The highest BCUT2D eigenvalue weighted by molar-refractivity contribution is 6.68. The summed E-state index contributed by atoms with van der Waals surface area (Å²) in [5.41, 5.74) is 2.33. The molecule has 1 heterocycles. The van der Waals surface area contributed by atoms with Crippen LogP contribution in [-0.2, 0) is 20.9 Å². The van der Waals surface area contributed by atoms with E-state index in [1.807, 2.05) is 25.1 Å². The van der Waals surface area contributed by atoms with Gasteiger partial charge in [0.05, 0.1) is 12.1 Å². The fraction of sp³-hybridized carbons (Fsp3) is 0.235. The Kier molecular flexibility index (Phi) is 5.20. The standard InChI is InChI=1S/C17H15ClN2O3/c1-3-23-15(21)10-20-9-13(7-12(8-19)17(18)22)14-6-4-5-11(2)16(14)20/h4-7,9H,3,10H2,1-2H3. The molecule has 0 aliphatic heterocycles. The summed E-state index contributed by atoms with van der Waals surface area (Å²) < 4.78 is 6.73. The Bertz CT molecular complexity index is 843. The molecule has 0 radical (unpaired) electrons. The number of aryl methyl sites for hydroxylation is 1. The highest BCUT2D eigenvalue weighted by Crippen LogP contribution is 2.26. The Morgan fingerprint density at radius 1 is 1.43 bits per heavy atom. The van der Waals surface area contributed by atoms with Gasteiger partial charge in [-0.1, -0.05) is 18.2 Å². The first-order chi connectivity index (χ1) is 11.0. The largest absolute Gasteiger partial charge is 0.465 e. The first-order valence-electron chi connectivity index (χ1n) is 7.03. The van der Waals surface area contributed by atoms with E-state index in [1.165, 1.54) is 6.08 Å². The van der Waals surface area contributed by atoms with Crippen LogP contribution in [0.1, 0.15) is 18.1 Å². The van der Waals surface area contributed by atoms with Crippen molar-refractivity contribution in [3.8, 4) is 6.07 Å². The first kappa shape index (κ1) is 16.8. The molecule has 6 heteroatoms. The predicted molar refractivity (Wildman–Crippen MR) is 87.8 cm³/mol. The topological polar surface area (TPSA) is 72.1 Å². The van der Waals surface area contributed by atoms with Crippen molar-refractivity contribution >= 4 is 39.8 Å². The van der Waals surface area contributed by atoms with Crippen molar-refractivity contribution in [2.45, 2.75) is 20.4 Å². The molecule has 23 heavy (non-hydrogen) atoms. The van der Waals surface area contributed by atoms with E-state index < -0.39 is 5.24 Å². The molecule has 0 fully saturated rings. The van der Waals surface area contributed by atoms with Crippen molar-refractivity contribution in [2.24, 2.45) is 0 Å². The van der Waals surface area contributed by atoms with Gasteiger partial charge in [0.25, 0.3) is 5.24 Å². The Hall–Kier alpha value is -2.58. The van der Waals surface area contributed by atoms with Crippen molar-refractivity contribution < 1.29 is 14.3 Å². The van der Waals surface area contributed by atoms with Gasteiger partial charge in [0.1, 0.15) is 18.2 Å². The number of hydrogen-bond donors (Lipinski definition) is 0. The normalized spacial score (nSPS) is 11.3. The fourth-order valence-electron chi connectivity index (χ4n) is 2.45. The van der Waals surface area contributed by atoms with Crippen molar-refractivity contribution in [1.82, 2.24) is 4.57 Å². The molecule has 2 aromatic rings. The van der Waals surface area contributed by atoms with Crippen molar-refractivity contribution in [1.29, 1.82) is 5.26 Å². The zero-order chi connectivity index (χ0) is 17.0. The summed E-state index contributed by atoms with van der Waals surface area (Å²) in [6.45, 7) is 4.04. The number of halogens is 1. The molecule has 1 aromatic carbocycles. The lowest BCUT2D eigenvalue weighted by atomic mass is 10.1. The molecule has 0 bridgehead atoms. The van der Waals surface area contributed by atoms with Crippen LogP contribution in [-0.4, -0.2) is 22.4 Å². The monoisotopic (exact) mass is 330 g/mol. The maximum atomic E-state index is 11.8. The van der Waals surface area contributed by atoms with Gasteiger partial charge < -0.3 is 9.30 Å². The van der Waals surface area contributed by atoms with Gasteiger partial charge in [-0.25, -0.2) is 0 Å². The minimum Gasteiger partial charge on any atom is -0.465 e. The second-order valence-corrected chi connectivity index (χ2v) is 5.28. The van der Waals surface area contributed by atoms with Crippen LogP contribution in [0.4, 0.5) is 0 Å². The molecule has 0 atom stereocenters. The number of carbonyl (C=O) groups excluding carboxylic acids is 2. The zero-order valence-corrected chi connectivity index (χ0v) is 13.6. The van der Waals surface area contributed by atoms with Crippen LogP contribution in [0, 0.1) is 18.3 Å². The number of nitrogens with zero attached hydrogens (tertiary/aromatic N) is 2. The number of nitriles is 1. The number of hydrogen-bond acceptors (Lipinski definition) is 4. The third kappa shape index (κ3) is 3.61. The second kappa shape index (κ2) is 7.12. The minimum absolute atomic E-state index is 0.0553. The average molecular weight is 331 g/mol. The summed E-state index contributed by atoms with van der Waals surface area (Å²) >= 11 is 5.40. The van der Waals surface area contributed by atoms with Crippen molar-refractivity contribution in [3.05, 3.63) is 41.1 Å². The molecular weight excluding hydrogens is 316 g/mol. The Morgan fingerprint density at radius 3 is 2.78 bits per heavy atom. The smallest absolute Gasteiger partial charge is 0.325 e. The van der Waals surface area contributed by atoms with Gasteiger partial charge in [0.15, 0.2) is 0 Å². The van der Waals surface area contributed by atoms with E-state index in [0.717, 1.165) is 16.5 Å². The number of allylic oxidation sites excluding steroid dienone is 1. The Balaban J connectivity index is 2.60. The van der Waals surface area contributed by atoms with Crippen LogP contribution in [0.5, 0.6) is 0 Å². The highest BCUT2D eigenvalue weighted by atomic mass is 35.5. The van der Waals surface area contributed by atoms with Gasteiger partial charge in [-0.3, -0.25) is 9.59 Å². The number of para-hydroxylation sites is 1. The van der Waals surface area contributed by atoms with Crippen LogP contribution < -0.4 is 0 Å². The molecule has 0 spiro atoms. The molecule has 0 aliphatic carbocycles. The van der Waals surface area contributed by atoms with Gasteiger partial charge in [-0.15, -0.1) is 0 Å². The predicted octanol–water partition coefficient (Wildman–Crippen LogP) is 3.19. The van der Waals surface area contributed by atoms with E-state index in [4.69, 9.17) is 21.6 Å². The molecule has 0 unspecified atom stereocenters. The van der Waals surface area contributed by atoms with Crippen molar-refractivity contribution in [2.75, 3.05) is 6.61 Å². The Morgan fingerprint density at radius 2 is 2.17 bits per heavy atom. The number of rotatable bonds is 5. The summed E-state index contributed by atoms with van der Waals surface area (Å²) in [5.74, 6) is -0.350. The summed E-state index contributed by atoms with van der Waals surface area (Å²) in [4.78, 5) is 23.0. The summed E-state index contributed by atoms with van der Waals surface area (Å²) in [5, 5.41) is 9.02. The molecule has 1 aromatic heterocycles. The molecule has 118 valence electrons. The minimum atomic E-state index is -0.813.